The van der Waals surface area contributed by atoms with E-state index in [1.165, 1.54) is 37.3 Å². The Hall–Kier alpha value is -4.88. The van der Waals surface area contributed by atoms with Crippen LogP contribution in [0, 0.1) is 23.6 Å². The van der Waals surface area contributed by atoms with Gasteiger partial charge in [-0.05, 0) is 61.4 Å². The van der Waals surface area contributed by atoms with E-state index in [1.54, 1.807) is 19.2 Å². The van der Waals surface area contributed by atoms with Crippen LogP contribution < -0.4 is 22.1 Å². The summed E-state index contributed by atoms with van der Waals surface area (Å²) in [6, 6.07) is 14.3. The maximum atomic E-state index is 14.0. The minimum absolute atomic E-state index is 0.00601. The van der Waals surface area contributed by atoms with Gasteiger partial charge in [0.15, 0.2) is 0 Å². The minimum Gasteiger partial charge on any atom is -0.384 e. The molecule has 7 N–H and O–H groups in total. The molecule has 41 heavy (non-hydrogen) atoms. The Morgan fingerprint density at radius 2 is 1.76 bits per heavy atom. The molecule has 0 spiro atoms. The Morgan fingerprint density at radius 1 is 1.15 bits per heavy atom. The number of halogens is 3. The number of anilines is 2. The monoisotopic (exact) mass is 562 g/mol. The lowest BCUT2D eigenvalue weighted by Gasteiger charge is -2.15. The molecule has 0 radical (unpaired) electrons. The number of nitrogens with two attached hydrogens (primary N) is 2. The smallest absolute Gasteiger partial charge is 0.270 e. The molecule has 3 aromatic rings. The van der Waals surface area contributed by atoms with Crippen molar-refractivity contribution in [2.24, 2.45) is 5.73 Å². The number of carbonyl (C=O) groups is 1. The second-order valence-electron chi connectivity index (χ2n) is 8.92. The second-order valence-corrected chi connectivity index (χ2v) is 8.92. The maximum Gasteiger partial charge on any atom is 0.270 e. The summed E-state index contributed by atoms with van der Waals surface area (Å²) in [4.78, 5) is 17.0. The van der Waals surface area contributed by atoms with Crippen LogP contribution in [-0.4, -0.2) is 29.2 Å². The Kier molecular flexibility index (Phi) is 11.9. The van der Waals surface area contributed by atoms with Gasteiger partial charge in [-0.1, -0.05) is 30.3 Å². The third kappa shape index (κ3) is 9.98. The van der Waals surface area contributed by atoms with Gasteiger partial charge in [-0.25, -0.2) is 18.2 Å². The molecule has 0 bridgehead atoms. The van der Waals surface area contributed by atoms with Crippen molar-refractivity contribution in [3.8, 4) is 23.5 Å². The van der Waals surface area contributed by atoms with Crippen LogP contribution in [0.2, 0.25) is 0 Å². The Bertz CT molecular complexity index is 1450. The molecule has 0 unspecified atom stereocenters. The van der Waals surface area contributed by atoms with Crippen LogP contribution in [-0.2, 0) is 11.3 Å². The van der Waals surface area contributed by atoms with Gasteiger partial charge >= 0.3 is 0 Å². The SMILES string of the molecule is C#CC.C/C=C(\C=C(/CNCc1ccc(-c2cnc(N)c(C(=N)N)c2)cc1)C(=O)Nc1ccc(F)cc1)C(C)(F)F. The summed E-state index contributed by atoms with van der Waals surface area (Å²) in [7, 11) is 0. The van der Waals surface area contributed by atoms with Crippen molar-refractivity contribution in [1.82, 2.24) is 10.3 Å². The van der Waals surface area contributed by atoms with Gasteiger partial charge in [-0.15, -0.1) is 12.3 Å². The van der Waals surface area contributed by atoms with Gasteiger partial charge in [0.2, 0.25) is 0 Å². The van der Waals surface area contributed by atoms with E-state index in [0.29, 0.717) is 17.8 Å². The first-order valence-electron chi connectivity index (χ1n) is 12.5. The van der Waals surface area contributed by atoms with Crippen molar-refractivity contribution < 1.29 is 18.0 Å². The number of hydrogen-bond donors (Lipinski definition) is 5. The molecule has 2 aromatic carbocycles. The molecule has 1 aromatic heterocycles. The lowest BCUT2D eigenvalue weighted by atomic mass is 10.0. The molecule has 0 saturated heterocycles. The standard InChI is InChI=1S/C28H29F3N6O.C3H4/c1-3-21(28(2,30)31)12-20(27(38)37-23-10-8-22(29)9-11-23)15-35-14-17-4-6-18(7-5-17)19-13-24(25(32)33)26(34)36-16-19;1-3-2/h3-13,16,35H,14-15H2,1-2H3,(H3,32,33)(H2,34,36)(H,37,38);1H,2H3/b20-12+,21-3+;. The number of hydrogen-bond acceptors (Lipinski definition) is 5. The third-order valence-electron chi connectivity index (χ3n) is 5.68. The molecule has 214 valence electrons. The van der Waals surface area contributed by atoms with Crippen molar-refractivity contribution in [3.05, 3.63) is 101 Å². The average Bonchev–Trinajstić information content (AvgIpc) is 2.92. The van der Waals surface area contributed by atoms with E-state index in [0.717, 1.165) is 29.7 Å². The van der Waals surface area contributed by atoms with E-state index in [1.807, 2.05) is 24.3 Å². The highest BCUT2D eigenvalue weighted by molar-refractivity contribution is 6.04. The summed E-state index contributed by atoms with van der Waals surface area (Å²) < 4.78 is 41.2. The number of nitrogens with zero attached hydrogens (tertiary/aromatic N) is 1. The van der Waals surface area contributed by atoms with Crippen LogP contribution in [0.3, 0.4) is 0 Å². The van der Waals surface area contributed by atoms with Crippen LogP contribution in [0.25, 0.3) is 11.1 Å². The number of amides is 1. The number of carbonyl (C=O) groups excluding carboxylic acids is 1. The molecule has 0 aliphatic rings. The van der Waals surface area contributed by atoms with Crippen molar-refractivity contribution in [3.63, 3.8) is 0 Å². The number of nitrogens with one attached hydrogen (secondary N) is 3. The number of pyridine rings is 1. The molecular weight excluding hydrogens is 529 g/mol. The Morgan fingerprint density at radius 3 is 2.29 bits per heavy atom. The van der Waals surface area contributed by atoms with Crippen molar-refractivity contribution in [2.75, 3.05) is 17.6 Å². The quantitative estimate of drug-likeness (QED) is 0.0717. The van der Waals surface area contributed by atoms with Gasteiger partial charge in [0.1, 0.15) is 17.5 Å². The van der Waals surface area contributed by atoms with Crippen LogP contribution in [0.5, 0.6) is 0 Å². The molecule has 7 nitrogen and oxygen atoms in total. The van der Waals surface area contributed by atoms with E-state index >= 15 is 0 Å². The summed E-state index contributed by atoms with van der Waals surface area (Å²) in [5, 5.41) is 13.4. The third-order valence-corrected chi connectivity index (χ3v) is 5.68. The van der Waals surface area contributed by atoms with Gasteiger partial charge in [0.05, 0.1) is 5.56 Å². The fourth-order valence-corrected chi connectivity index (χ4v) is 3.60. The van der Waals surface area contributed by atoms with E-state index in [-0.39, 0.29) is 29.3 Å². The second kappa shape index (κ2) is 15.1. The van der Waals surface area contributed by atoms with Gasteiger partial charge < -0.3 is 22.1 Å². The lowest BCUT2D eigenvalue weighted by molar-refractivity contribution is -0.112. The van der Waals surface area contributed by atoms with Gasteiger partial charge in [-0.3, -0.25) is 10.2 Å². The molecular formula is C31H33F3N6O. The largest absolute Gasteiger partial charge is 0.384 e. The van der Waals surface area contributed by atoms with E-state index < -0.39 is 17.6 Å². The number of benzene rings is 2. The van der Waals surface area contributed by atoms with Crippen LogP contribution >= 0.6 is 0 Å². The average molecular weight is 563 g/mol. The highest BCUT2D eigenvalue weighted by Crippen LogP contribution is 2.26. The molecule has 0 saturated carbocycles. The highest BCUT2D eigenvalue weighted by Gasteiger charge is 2.26. The van der Waals surface area contributed by atoms with Gasteiger partial charge in [-0.2, -0.15) is 0 Å². The van der Waals surface area contributed by atoms with E-state index in [9.17, 15) is 18.0 Å². The molecule has 0 aliphatic heterocycles. The summed E-state index contributed by atoms with van der Waals surface area (Å²) in [6.07, 6.45) is 8.61. The normalized spacial score (nSPS) is 11.6. The zero-order chi connectivity index (χ0) is 30.6. The molecule has 10 heteroatoms. The number of terminal acetylenes is 1. The van der Waals surface area contributed by atoms with Crippen molar-refractivity contribution in [1.29, 1.82) is 5.41 Å². The van der Waals surface area contributed by atoms with Crippen LogP contribution in [0.1, 0.15) is 31.9 Å². The molecule has 1 amide bonds. The molecule has 0 atom stereocenters. The first-order valence-corrected chi connectivity index (χ1v) is 12.5. The summed E-state index contributed by atoms with van der Waals surface area (Å²) in [6.45, 7) is 4.25. The molecule has 1 heterocycles. The van der Waals surface area contributed by atoms with Crippen LogP contribution in [0.4, 0.5) is 24.7 Å². The first-order chi connectivity index (χ1) is 19.4. The number of aromatic nitrogens is 1. The summed E-state index contributed by atoms with van der Waals surface area (Å²) >= 11 is 0. The summed E-state index contributed by atoms with van der Waals surface area (Å²) in [5.41, 5.74) is 14.3. The van der Waals surface area contributed by atoms with Crippen LogP contribution in [0.15, 0.2) is 84.1 Å². The van der Waals surface area contributed by atoms with Gasteiger partial charge in [0, 0.05) is 48.6 Å². The fourth-order valence-electron chi connectivity index (χ4n) is 3.60. The lowest BCUT2D eigenvalue weighted by Crippen LogP contribution is -2.26. The maximum absolute atomic E-state index is 14.0. The zero-order valence-electron chi connectivity index (χ0n) is 23.1. The fraction of sp³-hybridized carbons (Fsp3) is 0.194. The Labute approximate surface area is 238 Å². The van der Waals surface area contributed by atoms with E-state index in [2.05, 4.69) is 28.0 Å². The predicted octanol–water partition coefficient (Wildman–Crippen LogP) is 5.65. The molecule has 0 aliphatic carbocycles. The van der Waals surface area contributed by atoms with E-state index in [4.69, 9.17) is 16.9 Å². The Balaban J connectivity index is 0.00000187. The highest BCUT2D eigenvalue weighted by atomic mass is 19.3. The number of rotatable bonds is 10. The predicted molar refractivity (Wildman–Crippen MR) is 159 cm³/mol. The van der Waals surface area contributed by atoms with Gasteiger partial charge in [0.25, 0.3) is 11.8 Å². The number of allylic oxidation sites excluding steroid dienone is 3. The van der Waals surface area contributed by atoms with Crippen molar-refractivity contribution >= 4 is 23.2 Å². The number of alkyl halides is 2. The minimum atomic E-state index is -3.13. The topological polar surface area (TPSA) is 130 Å². The number of amidine groups is 1. The number of nitrogen functional groups attached to an aromatic ring is 2. The summed E-state index contributed by atoms with van der Waals surface area (Å²) in [5.74, 6) is -1.92. The molecule has 3 rings (SSSR count). The molecule has 0 fully saturated rings. The zero-order valence-corrected chi connectivity index (χ0v) is 23.1. The first kappa shape index (κ1) is 32.3. The van der Waals surface area contributed by atoms with Crippen molar-refractivity contribution in [2.45, 2.75) is 33.2 Å².